The molecule has 1 aliphatic carbocycles. The molecule has 30 heavy (non-hydrogen) atoms. The number of H-pyrrole nitrogens is 1. The zero-order chi connectivity index (χ0) is 21.9. The standard InChI is InChI=1S/C19H21F2N5O3S/c1-26(18(29)16(30-10-27)11-4-6-19(20,21)7-5-11)9-15(28)23-12-2-3-13-14(8-12)24-25-17(13)22/h2-3,8,10H,4-7,9H2,1H3,(H,23,28)(H3,22,24,25). The van der Waals surface area contributed by atoms with Gasteiger partial charge in [-0.1, -0.05) is 5.57 Å². The predicted molar refractivity (Wildman–Crippen MR) is 112 cm³/mol. The molecule has 8 nitrogen and oxygen atoms in total. The molecule has 1 aromatic heterocycles. The number of thioether (sulfide) groups is 1. The summed E-state index contributed by atoms with van der Waals surface area (Å²) >= 11 is 0.663. The molecular weight excluding hydrogens is 416 g/mol. The fraction of sp³-hybridized carbons (Fsp3) is 0.368. The van der Waals surface area contributed by atoms with Gasteiger partial charge in [0.2, 0.25) is 11.8 Å². The number of fused-ring (bicyclic) bond motifs is 1. The highest BCUT2D eigenvalue weighted by Gasteiger charge is 2.35. The van der Waals surface area contributed by atoms with Crippen LogP contribution in [0.25, 0.3) is 10.9 Å². The number of hydrogen-bond acceptors (Lipinski definition) is 6. The fourth-order valence-electron chi connectivity index (χ4n) is 3.26. The minimum Gasteiger partial charge on any atom is -0.382 e. The molecule has 1 heterocycles. The number of carbonyl (C=O) groups excluding carboxylic acids is 3. The molecule has 2 amide bonds. The van der Waals surface area contributed by atoms with E-state index >= 15 is 0 Å². The number of aromatic nitrogens is 2. The number of amides is 2. The molecule has 0 spiro atoms. The number of alkyl halides is 2. The molecule has 11 heteroatoms. The molecule has 1 aliphatic rings. The number of likely N-dealkylation sites (N-methyl/N-ethyl adjacent to an activating group) is 1. The van der Waals surface area contributed by atoms with E-state index in [2.05, 4.69) is 15.5 Å². The third kappa shape index (κ3) is 4.96. The average Bonchev–Trinajstić information content (AvgIpc) is 3.06. The molecule has 0 radical (unpaired) electrons. The van der Waals surface area contributed by atoms with Gasteiger partial charge in [-0.2, -0.15) is 5.10 Å². The number of hydrogen-bond donors (Lipinski definition) is 3. The number of nitrogens with two attached hydrogens (primary N) is 1. The number of benzene rings is 1. The van der Waals surface area contributed by atoms with Crippen molar-refractivity contribution in [2.75, 3.05) is 24.6 Å². The Kier molecular flexibility index (Phi) is 6.40. The van der Waals surface area contributed by atoms with E-state index in [1.54, 1.807) is 18.2 Å². The quantitative estimate of drug-likeness (QED) is 0.472. The number of rotatable bonds is 6. The molecule has 0 saturated heterocycles. The van der Waals surface area contributed by atoms with Gasteiger partial charge in [0.05, 0.1) is 17.0 Å². The number of carbonyl (C=O) groups is 3. The van der Waals surface area contributed by atoms with Crippen molar-refractivity contribution in [3.8, 4) is 0 Å². The molecule has 2 aromatic rings. The first kappa shape index (κ1) is 21.8. The van der Waals surface area contributed by atoms with Gasteiger partial charge >= 0.3 is 0 Å². The molecule has 0 atom stereocenters. The van der Waals surface area contributed by atoms with Crippen LogP contribution in [-0.4, -0.2) is 52.0 Å². The van der Waals surface area contributed by atoms with E-state index in [1.165, 1.54) is 7.05 Å². The van der Waals surface area contributed by atoms with E-state index in [-0.39, 0.29) is 37.1 Å². The van der Waals surface area contributed by atoms with Crippen molar-refractivity contribution < 1.29 is 23.2 Å². The largest absolute Gasteiger partial charge is 0.382 e. The van der Waals surface area contributed by atoms with Crippen LogP contribution in [0.5, 0.6) is 0 Å². The summed E-state index contributed by atoms with van der Waals surface area (Å²) in [5.41, 5.74) is 7.87. The zero-order valence-corrected chi connectivity index (χ0v) is 17.0. The van der Waals surface area contributed by atoms with Gasteiger partial charge in [-0.05, 0) is 42.8 Å². The van der Waals surface area contributed by atoms with Crippen LogP contribution in [0.15, 0.2) is 28.7 Å². The summed E-state index contributed by atoms with van der Waals surface area (Å²) in [6.45, 7) is -0.270. The van der Waals surface area contributed by atoms with E-state index in [1.807, 2.05) is 0 Å². The van der Waals surface area contributed by atoms with Crippen LogP contribution in [-0.2, 0) is 14.4 Å². The summed E-state index contributed by atoms with van der Waals surface area (Å²) in [6.07, 6.45) is -0.628. The Morgan fingerprint density at radius 2 is 2.07 bits per heavy atom. The molecular formula is C19H21F2N5O3S. The summed E-state index contributed by atoms with van der Waals surface area (Å²) in [5, 5.41) is 10.0. The number of nitrogens with one attached hydrogen (secondary N) is 2. The highest BCUT2D eigenvalue weighted by Crippen LogP contribution is 2.39. The van der Waals surface area contributed by atoms with Gasteiger partial charge in [0.1, 0.15) is 0 Å². The van der Waals surface area contributed by atoms with Crippen molar-refractivity contribution in [1.82, 2.24) is 15.1 Å². The Labute approximate surface area is 175 Å². The van der Waals surface area contributed by atoms with E-state index in [4.69, 9.17) is 5.73 Å². The Balaban J connectivity index is 1.66. The van der Waals surface area contributed by atoms with Crippen LogP contribution in [0, 0.1) is 0 Å². The first-order valence-electron chi connectivity index (χ1n) is 9.19. The molecule has 0 aliphatic heterocycles. The van der Waals surface area contributed by atoms with Crippen LogP contribution in [0.1, 0.15) is 25.7 Å². The number of aromatic amines is 1. The van der Waals surface area contributed by atoms with Crippen molar-refractivity contribution in [1.29, 1.82) is 0 Å². The average molecular weight is 437 g/mol. The Morgan fingerprint density at radius 3 is 2.73 bits per heavy atom. The normalized spacial score (nSPS) is 15.6. The second-order valence-electron chi connectivity index (χ2n) is 7.08. The maximum absolute atomic E-state index is 13.4. The van der Waals surface area contributed by atoms with E-state index in [0.717, 1.165) is 10.3 Å². The van der Waals surface area contributed by atoms with Gasteiger partial charge in [0.15, 0.2) is 11.4 Å². The lowest BCUT2D eigenvalue weighted by Gasteiger charge is -2.26. The highest BCUT2D eigenvalue weighted by atomic mass is 32.2. The smallest absolute Gasteiger partial charge is 0.260 e. The third-order valence-electron chi connectivity index (χ3n) is 4.87. The van der Waals surface area contributed by atoms with E-state index in [0.29, 0.717) is 40.0 Å². The second kappa shape index (κ2) is 8.82. The van der Waals surface area contributed by atoms with E-state index < -0.39 is 17.7 Å². The molecule has 1 fully saturated rings. The third-order valence-corrected chi connectivity index (χ3v) is 5.67. The Morgan fingerprint density at radius 1 is 1.37 bits per heavy atom. The van der Waals surface area contributed by atoms with Crippen molar-refractivity contribution >= 4 is 51.6 Å². The first-order chi connectivity index (χ1) is 14.2. The molecule has 1 aromatic carbocycles. The van der Waals surface area contributed by atoms with Gasteiger partial charge in [0, 0.05) is 31.0 Å². The summed E-state index contributed by atoms with van der Waals surface area (Å²) in [4.78, 5) is 37.4. The number of nitrogen functional groups attached to an aromatic ring is 1. The van der Waals surface area contributed by atoms with Crippen molar-refractivity contribution in [3.63, 3.8) is 0 Å². The van der Waals surface area contributed by atoms with Crippen molar-refractivity contribution in [3.05, 3.63) is 28.7 Å². The molecule has 0 unspecified atom stereocenters. The zero-order valence-electron chi connectivity index (χ0n) is 16.2. The summed E-state index contributed by atoms with van der Waals surface area (Å²) < 4.78 is 26.8. The lowest BCUT2D eigenvalue weighted by molar-refractivity contribution is -0.129. The number of halogens is 2. The highest BCUT2D eigenvalue weighted by molar-refractivity contribution is 8.16. The monoisotopic (exact) mass is 437 g/mol. The number of nitrogens with zero attached hydrogens (tertiary/aromatic N) is 2. The maximum atomic E-state index is 13.4. The Bertz CT molecular complexity index is 1010. The summed E-state index contributed by atoms with van der Waals surface area (Å²) in [5.74, 6) is -3.40. The minimum absolute atomic E-state index is 0.0439. The fourth-order valence-corrected chi connectivity index (χ4v) is 3.98. The summed E-state index contributed by atoms with van der Waals surface area (Å²) in [7, 11) is 1.42. The van der Waals surface area contributed by atoms with Gasteiger partial charge in [-0.25, -0.2) is 8.78 Å². The van der Waals surface area contributed by atoms with Crippen LogP contribution >= 0.6 is 11.8 Å². The lowest BCUT2D eigenvalue weighted by Crippen LogP contribution is -2.36. The van der Waals surface area contributed by atoms with Crippen LogP contribution in [0.2, 0.25) is 0 Å². The minimum atomic E-state index is -2.75. The first-order valence-corrected chi connectivity index (χ1v) is 10.1. The van der Waals surface area contributed by atoms with Gasteiger partial charge in [-0.3, -0.25) is 19.5 Å². The van der Waals surface area contributed by atoms with Crippen LogP contribution in [0.3, 0.4) is 0 Å². The SMILES string of the molecule is CN(CC(=O)Nc1ccc2c(N)n[nH]c2c1)C(=O)C(SC=O)=C1CCC(F)(F)CC1. The Hall–Kier alpha value is -2.95. The topological polar surface area (TPSA) is 121 Å². The second-order valence-corrected chi connectivity index (χ2v) is 7.92. The van der Waals surface area contributed by atoms with E-state index in [9.17, 15) is 23.2 Å². The number of allylic oxidation sites excluding steroid dienone is 1. The molecule has 4 N–H and O–H groups in total. The molecule has 160 valence electrons. The van der Waals surface area contributed by atoms with Crippen molar-refractivity contribution in [2.45, 2.75) is 31.6 Å². The number of anilines is 2. The molecule has 0 bridgehead atoms. The van der Waals surface area contributed by atoms with Crippen LogP contribution < -0.4 is 11.1 Å². The van der Waals surface area contributed by atoms with Gasteiger partial charge in [-0.15, -0.1) is 0 Å². The lowest BCUT2D eigenvalue weighted by atomic mass is 9.91. The predicted octanol–water partition coefficient (Wildman–Crippen LogP) is 2.93. The van der Waals surface area contributed by atoms with Gasteiger partial charge in [0.25, 0.3) is 5.91 Å². The molecule has 3 rings (SSSR count). The summed E-state index contributed by atoms with van der Waals surface area (Å²) in [6, 6.07) is 5.03. The van der Waals surface area contributed by atoms with Crippen LogP contribution in [0.4, 0.5) is 20.3 Å². The van der Waals surface area contributed by atoms with Crippen molar-refractivity contribution in [2.24, 2.45) is 0 Å². The van der Waals surface area contributed by atoms with Gasteiger partial charge < -0.3 is 16.0 Å². The molecule has 1 saturated carbocycles. The maximum Gasteiger partial charge on any atom is 0.260 e.